The molecule has 2 unspecified atom stereocenters. The van der Waals surface area contributed by atoms with Crippen molar-refractivity contribution in [1.29, 1.82) is 0 Å². The lowest BCUT2D eigenvalue weighted by Crippen LogP contribution is -2.55. The van der Waals surface area contributed by atoms with Crippen LogP contribution in [0.2, 0.25) is 0 Å². The zero-order valence-corrected chi connectivity index (χ0v) is 13.6. The predicted molar refractivity (Wildman–Crippen MR) is 86.4 cm³/mol. The van der Waals surface area contributed by atoms with Gasteiger partial charge in [-0.3, -0.25) is 4.79 Å². The summed E-state index contributed by atoms with van der Waals surface area (Å²) >= 11 is 0. The molecule has 1 aromatic carbocycles. The van der Waals surface area contributed by atoms with Crippen LogP contribution in [0, 0.1) is 11.7 Å². The van der Waals surface area contributed by atoms with E-state index in [-0.39, 0.29) is 29.7 Å². The maximum absolute atomic E-state index is 13.0. The fraction of sp³-hybridized carbons (Fsp3) is 0.529. The van der Waals surface area contributed by atoms with E-state index in [0.717, 1.165) is 12.0 Å². The summed E-state index contributed by atoms with van der Waals surface area (Å²) in [5.74, 6) is -0.194. The number of benzene rings is 1. The van der Waals surface area contributed by atoms with Crippen molar-refractivity contribution >= 4 is 11.9 Å². The summed E-state index contributed by atoms with van der Waals surface area (Å²) < 4.78 is 13.0. The first kappa shape index (κ1) is 17.2. The van der Waals surface area contributed by atoms with E-state index < -0.39 is 6.04 Å². The van der Waals surface area contributed by atoms with Crippen LogP contribution in [0.3, 0.4) is 0 Å². The third-order valence-electron chi connectivity index (χ3n) is 4.08. The number of amides is 3. The molecule has 3 N–H and O–H groups in total. The molecule has 3 amide bonds. The molecule has 0 bridgehead atoms. The normalized spacial score (nSPS) is 19.1. The highest BCUT2D eigenvalue weighted by atomic mass is 19.1. The van der Waals surface area contributed by atoms with Crippen molar-refractivity contribution in [3.63, 3.8) is 0 Å². The summed E-state index contributed by atoms with van der Waals surface area (Å²) in [5.41, 5.74) is 0.959. The van der Waals surface area contributed by atoms with Crippen LogP contribution in [0.15, 0.2) is 24.3 Å². The molecule has 1 aliphatic heterocycles. The second kappa shape index (κ2) is 7.94. The van der Waals surface area contributed by atoms with Gasteiger partial charge >= 0.3 is 6.03 Å². The quantitative estimate of drug-likeness (QED) is 0.776. The largest absolute Gasteiger partial charge is 0.354 e. The molecule has 1 heterocycles. The molecule has 0 aliphatic carbocycles. The summed E-state index contributed by atoms with van der Waals surface area (Å²) in [6.07, 6.45) is 2.13. The van der Waals surface area contributed by atoms with E-state index in [2.05, 4.69) is 16.0 Å². The molecule has 0 spiro atoms. The van der Waals surface area contributed by atoms with Crippen LogP contribution in [0.5, 0.6) is 0 Å². The zero-order chi connectivity index (χ0) is 16.8. The number of hydrogen-bond acceptors (Lipinski definition) is 2. The Morgan fingerprint density at radius 1 is 1.35 bits per heavy atom. The Hall–Kier alpha value is -2.11. The van der Waals surface area contributed by atoms with E-state index >= 15 is 0 Å². The summed E-state index contributed by atoms with van der Waals surface area (Å²) in [6, 6.07) is 5.37. The minimum absolute atomic E-state index is 0.0906. The first-order valence-electron chi connectivity index (χ1n) is 8.05. The third kappa shape index (κ3) is 5.23. The van der Waals surface area contributed by atoms with Crippen molar-refractivity contribution in [2.24, 2.45) is 5.92 Å². The Balaban J connectivity index is 1.91. The zero-order valence-electron chi connectivity index (χ0n) is 13.6. The lowest BCUT2D eigenvalue weighted by Gasteiger charge is -2.26. The molecule has 2 atom stereocenters. The van der Waals surface area contributed by atoms with E-state index in [9.17, 15) is 14.0 Å². The summed E-state index contributed by atoms with van der Waals surface area (Å²) in [6.45, 7) is 4.70. The molecule has 1 aliphatic rings. The van der Waals surface area contributed by atoms with E-state index in [1.54, 1.807) is 12.1 Å². The SMILES string of the molecule is CC(C)C(Cc1ccc(F)cc1)NC(=O)NC1CCCNC1=O. The van der Waals surface area contributed by atoms with Gasteiger partial charge in [-0.1, -0.05) is 26.0 Å². The molecule has 0 aromatic heterocycles. The van der Waals surface area contributed by atoms with Gasteiger partial charge in [-0.15, -0.1) is 0 Å². The van der Waals surface area contributed by atoms with Crippen molar-refractivity contribution in [3.8, 4) is 0 Å². The Labute approximate surface area is 136 Å². The summed E-state index contributed by atoms with van der Waals surface area (Å²) in [5, 5.41) is 8.39. The van der Waals surface area contributed by atoms with Gasteiger partial charge in [-0.25, -0.2) is 9.18 Å². The van der Waals surface area contributed by atoms with Gasteiger partial charge < -0.3 is 16.0 Å². The molecule has 126 valence electrons. The first-order valence-corrected chi connectivity index (χ1v) is 8.05. The number of rotatable bonds is 5. The Morgan fingerprint density at radius 2 is 2.04 bits per heavy atom. The van der Waals surface area contributed by atoms with Gasteiger partial charge in [-0.05, 0) is 42.9 Å². The van der Waals surface area contributed by atoms with Gasteiger partial charge in [0.05, 0.1) is 0 Å². The van der Waals surface area contributed by atoms with Crippen LogP contribution in [0.4, 0.5) is 9.18 Å². The van der Waals surface area contributed by atoms with Crippen molar-refractivity contribution in [2.45, 2.75) is 45.2 Å². The number of piperidine rings is 1. The average molecular weight is 321 g/mol. The Morgan fingerprint density at radius 3 is 2.65 bits per heavy atom. The van der Waals surface area contributed by atoms with Gasteiger partial charge in [-0.2, -0.15) is 0 Å². The molecule has 0 radical (unpaired) electrons. The third-order valence-corrected chi connectivity index (χ3v) is 4.08. The molecule has 0 saturated carbocycles. The van der Waals surface area contributed by atoms with Crippen LogP contribution < -0.4 is 16.0 Å². The van der Waals surface area contributed by atoms with Crippen LogP contribution in [0.1, 0.15) is 32.3 Å². The van der Waals surface area contributed by atoms with Crippen molar-refractivity contribution in [2.75, 3.05) is 6.54 Å². The highest BCUT2D eigenvalue weighted by Crippen LogP contribution is 2.12. The minimum Gasteiger partial charge on any atom is -0.354 e. The number of urea groups is 1. The van der Waals surface area contributed by atoms with Gasteiger partial charge in [0.25, 0.3) is 0 Å². The lowest BCUT2D eigenvalue weighted by molar-refractivity contribution is -0.124. The second-order valence-electron chi connectivity index (χ2n) is 6.28. The van der Waals surface area contributed by atoms with Gasteiger partial charge in [0.1, 0.15) is 11.9 Å². The van der Waals surface area contributed by atoms with E-state index in [1.165, 1.54) is 12.1 Å². The van der Waals surface area contributed by atoms with E-state index in [4.69, 9.17) is 0 Å². The second-order valence-corrected chi connectivity index (χ2v) is 6.28. The number of nitrogens with one attached hydrogen (secondary N) is 3. The van der Waals surface area contributed by atoms with Crippen molar-refractivity contribution in [1.82, 2.24) is 16.0 Å². The number of hydrogen-bond donors (Lipinski definition) is 3. The number of halogens is 1. The molecule has 1 saturated heterocycles. The first-order chi connectivity index (χ1) is 11.0. The highest BCUT2D eigenvalue weighted by molar-refractivity contribution is 5.87. The lowest BCUT2D eigenvalue weighted by atomic mass is 9.96. The summed E-state index contributed by atoms with van der Waals surface area (Å²) in [7, 11) is 0. The standard InChI is InChI=1S/C17H24FN3O2/c1-11(2)15(10-12-5-7-13(18)8-6-12)21-17(23)20-14-4-3-9-19-16(14)22/h5-8,11,14-15H,3-4,9-10H2,1-2H3,(H,19,22)(H2,20,21,23). The molecular formula is C17H24FN3O2. The highest BCUT2D eigenvalue weighted by Gasteiger charge is 2.25. The van der Waals surface area contributed by atoms with E-state index in [1.807, 2.05) is 13.8 Å². The van der Waals surface area contributed by atoms with Crippen molar-refractivity contribution in [3.05, 3.63) is 35.6 Å². The molecular weight excluding hydrogens is 297 g/mol. The van der Waals surface area contributed by atoms with Crippen molar-refractivity contribution < 1.29 is 14.0 Å². The molecule has 1 aromatic rings. The van der Waals surface area contributed by atoms with Gasteiger partial charge in [0.15, 0.2) is 0 Å². The molecule has 1 fully saturated rings. The van der Waals surface area contributed by atoms with Crippen LogP contribution in [-0.4, -0.2) is 30.6 Å². The maximum atomic E-state index is 13.0. The monoisotopic (exact) mass is 321 g/mol. The number of carbonyl (C=O) groups excluding carboxylic acids is 2. The predicted octanol–water partition coefficient (Wildman–Crippen LogP) is 1.97. The van der Waals surface area contributed by atoms with E-state index in [0.29, 0.717) is 19.4 Å². The molecule has 2 rings (SSSR count). The molecule has 5 nitrogen and oxygen atoms in total. The average Bonchev–Trinajstić information content (AvgIpc) is 2.51. The molecule has 6 heteroatoms. The maximum Gasteiger partial charge on any atom is 0.315 e. The van der Waals surface area contributed by atoms with Gasteiger partial charge in [0.2, 0.25) is 5.91 Å². The molecule has 23 heavy (non-hydrogen) atoms. The minimum atomic E-state index is -0.470. The Bertz CT molecular complexity index is 545. The fourth-order valence-corrected chi connectivity index (χ4v) is 2.61. The topological polar surface area (TPSA) is 70.2 Å². The van der Waals surface area contributed by atoms with Gasteiger partial charge in [0, 0.05) is 12.6 Å². The van der Waals surface area contributed by atoms with Crippen LogP contribution in [0.25, 0.3) is 0 Å². The van der Waals surface area contributed by atoms with Crippen LogP contribution >= 0.6 is 0 Å². The number of carbonyl (C=O) groups is 2. The Kier molecular flexibility index (Phi) is 5.96. The smallest absolute Gasteiger partial charge is 0.315 e. The summed E-state index contributed by atoms with van der Waals surface area (Å²) in [4.78, 5) is 23.8. The fourth-order valence-electron chi connectivity index (χ4n) is 2.61. The van der Waals surface area contributed by atoms with Crippen LogP contribution in [-0.2, 0) is 11.2 Å².